The van der Waals surface area contributed by atoms with E-state index >= 15 is 0 Å². The van der Waals surface area contributed by atoms with Crippen LogP contribution < -0.4 is 0 Å². The molecule has 2 saturated heterocycles. The lowest BCUT2D eigenvalue weighted by atomic mass is 9.98. The summed E-state index contributed by atoms with van der Waals surface area (Å²) in [5, 5.41) is 0. The molecule has 0 aromatic rings. The Kier molecular flexibility index (Phi) is 12.7. The van der Waals surface area contributed by atoms with Crippen molar-refractivity contribution in [1.82, 2.24) is 0 Å². The molecule has 2 rings (SSSR count). The fourth-order valence-corrected chi connectivity index (χ4v) is 4.32. The van der Waals surface area contributed by atoms with Crippen LogP contribution in [-0.4, -0.2) is 51.2 Å². The topological polar surface area (TPSA) is 46.2 Å². The lowest BCUT2D eigenvalue weighted by Crippen LogP contribution is -2.27. The molecule has 5 nitrogen and oxygen atoms in total. The van der Waals surface area contributed by atoms with E-state index in [1.165, 1.54) is 51.4 Å². The summed E-state index contributed by atoms with van der Waals surface area (Å²) in [6.45, 7) is 11.4. The molecular formula is C24H46O5. The van der Waals surface area contributed by atoms with E-state index in [-0.39, 0.29) is 24.8 Å². The van der Waals surface area contributed by atoms with Gasteiger partial charge in [0.05, 0.1) is 26.4 Å². The largest absolute Gasteiger partial charge is 0.376 e. The number of hydrogen-bond donors (Lipinski definition) is 0. The number of ether oxygens (including phenoxy) is 5. The maximum absolute atomic E-state index is 6.12. The molecule has 0 aliphatic carbocycles. The zero-order valence-electron chi connectivity index (χ0n) is 19.4. The highest BCUT2D eigenvalue weighted by Gasteiger charge is 2.34. The summed E-state index contributed by atoms with van der Waals surface area (Å²) in [5.41, 5.74) is 0. The van der Waals surface area contributed by atoms with Gasteiger partial charge in [0.25, 0.3) is 0 Å². The average Bonchev–Trinajstić information content (AvgIpc) is 3.39. The zero-order valence-corrected chi connectivity index (χ0v) is 19.4. The van der Waals surface area contributed by atoms with Gasteiger partial charge in [-0.3, -0.25) is 0 Å². The maximum Gasteiger partial charge on any atom is 0.161 e. The lowest BCUT2D eigenvalue weighted by molar-refractivity contribution is -0.120. The fourth-order valence-electron chi connectivity index (χ4n) is 4.32. The van der Waals surface area contributed by atoms with Crippen LogP contribution in [0.3, 0.4) is 0 Å². The third-order valence-electron chi connectivity index (χ3n) is 6.33. The van der Waals surface area contributed by atoms with E-state index in [1.807, 2.05) is 0 Å². The Bertz CT molecular complexity index is 369. The molecule has 0 saturated carbocycles. The van der Waals surface area contributed by atoms with Gasteiger partial charge in [-0.15, -0.1) is 0 Å². The highest BCUT2D eigenvalue weighted by Crippen LogP contribution is 2.28. The molecule has 29 heavy (non-hydrogen) atoms. The number of hydrogen-bond acceptors (Lipinski definition) is 5. The lowest BCUT2D eigenvalue weighted by Gasteiger charge is -2.22. The van der Waals surface area contributed by atoms with E-state index in [2.05, 4.69) is 27.7 Å². The van der Waals surface area contributed by atoms with Crippen LogP contribution >= 0.6 is 0 Å². The summed E-state index contributed by atoms with van der Waals surface area (Å²) in [6.07, 6.45) is 12.2. The Labute approximate surface area is 179 Å². The van der Waals surface area contributed by atoms with Gasteiger partial charge in [-0.1, -0.05) is 66.2 Å². The molecule has 0 radical (unpaired) electrons. The van der Waals surface area contributed by atoms with E-state index in [1.54, 1.807) is 0 Å². The smallest absolute Gasteiger partial charge is 0.161 e. The molecule has 5 heteroatoms. The van der Waals surface area contributed by atoms with Crippen molar-refractivity contribution in [1.29, 1.82) is 0 Å². The van der Waals surface area contributed by atoms with Gasteiger partial charge in [0.2, 0.25) is 0 Å². The first kappa shape index (κ1) is 25.1. The second kappa shape index (κ2) is 14.7. The van der Waals surface area contributed by atoms with Crippen LogP contribution in [0.4, 0.5) is 0 Å². The van der Waals surface area contributed by atoms with Gasteiger partial charge in [-0.05, 0) is 25.7 Å². The standard InChI is InChI=1S/C24H46O5/c1-5-9-11-13-19(7-3)23-26-17-21(28-23)15-25-16-22-18-27-24(29-22)20(8-4)14-12-10-6-2/h19-24H,5-18H2,1-4H3. The van der Waals surface area contributed by atoms with Crippen LogP contribution in [0.15, 0.2) is 0 Å². The minimum Gasteiger partial charge on any atom is -0.376 e. The van der Waals surface area contributed by atoms with Crippen molar-refractivity contribution in [2.75, 3.05) is 26.4 Å². The third kappa shape index (κ3) is 8.82. The Balaban J connectivity index is 1.60. The molecular weight excluding hydrogens is 368 g/mol. The number of rotatable bonds is 16. The molecule has 0 aromatic heterocycles. The van der Waals surface area contributed by atoms with Crippen molar-refractivity contribution in [2.24, 2.45) is 11.8 Å². The Morgan fingerprint density at radius 2 is 1.14 bits per heavy atom. The normalized spacial score (nSPS) is 29.4. The van der Waals surface area contributed by atoms with E-state index in [0.29, 0.717) is 38.3 Å². The quantitative estimate of drug-likeness (QED) is 0.303. The van der Waals surface area contributed by atoms with Gasteiger partial charge in [0.15, 0.2) is 12.6 Å². The zero-order chi connectivity index (χ0) is 20.9. The van der Waals surface area contributed by atoms with Crippen molar-refractivity contribution >= 4 is 0 Å². The molecule has 2 aliphatic rings. The minimum absolute atomic E-state index is 0.0378. The highest BCUT2D eigenvalue weighted by atomic mass is 16.7. The monoisotopic (exact) mass is 414 g/mol. The van der Waals surface area contributed by atoms with Crippen molar-refractivity contribution in [3.8, 4) is 0 Å². The summed E-state index contributed by atoms with van der Waals surface area (Å²) in [6, 6.07) is 0. The van der Waals surface area contributed by atoms with E-state index < -0.39 is 0 Å². The first-order chi connectivity index (χ1) is 14.2. The van der Waals surface area contributed by atoms with Crippen LogP contribution in [0.5, 0.6) is 0 Å². The molecule has 2 fully saturated rings. The van der Waals surface area contributed by atoms with Crippen LogP contribution in [0, 0.1) is 11.8 Å². The molecule has 0 bridgehead atoms. The van der Waals surface area contributed by atoms with Gasteiger partial charge in [-0.25, -0.2) is 0 Å². The minimum atomic E-state index is -0.0608. The summed E-state index contributed by atoms with van der Waals surface area (Å²) < 4.78 is 30.0. The Morgan fingerprint density at radius 1 is 0.690 bits per heavy atom. The van der Waals surface area contributed by atoms with Gasteiger partial charge in [0, 0.05) is 11.8 Å². The van der Waals surface area contributed by atoms with Crippen molar-refractivity contribution in [3.05, 3.63) is 0 Å². The number of unbranched alkanes of at least 4 members (excludes halogenated alkanes) is 4. The first-order valence-corrected chi connectivity index (χ1v) is 12.3. The SMILES string of the molecule is CCCCCC(CC)C1OCC(COCC2COC(C(CC)CCCCC)O2)O1. The maximum atomic E-state index is 6.12. The second-order valence-corrected chi connectivity index (χ2v) is 8.79. The molecule has 2 aliphatic heterocycles. The molecule has 0 aromatic carbocycles. The predicted octanol–water partition coefficient (Wildman–Crippen LogP) is 5.70. The molecule has 6 unspecified atom stereocenters. The molecule has 0 N–H and O–H groups in total. The van der Waals surface area contributed by atoms with Crippen molar-refractivity contribution in [2.45, 2.75) is 117 Å². The van der Waals surface area contributed by atoms with Gasteiger partial charge in [0.1, 0.15) is 12.2 Å². The van der Waals surface area contributed by atoms with E-state index in [9.17, 15) is 0 Å². The summed E-state index contributed by atoms with van der Waals surface area (Å²) in [5.74, 6) is 0.995. The first-order valence-electron chi connectivity index (χ1n) is 12.3. The molecule has 2 heterocycles. The van der Waals surface area contributed by atoms with E-state index in [4.69, 9.17) is 23.7 Å². The van der Waals surface area contributed by atoms with Gasteiger partial charge in [-0.2, -0.15) is 0 Å². The van der Waals surface area contributed by atoms with Crippen LogP contribution in [0.2, 0.25) is 0 Å². The van der Waals surface area contributed by atoms with Gasteiger partial charge >= 0.3 is 0 Å². The van der Waals surface area contributed by atoms with E-state index in [0.717, 1.165) is 12.8 Å². The summed E-state index contributed by atoms with van der Waals surface area (Å²) >= 11 is 0. The van der Waals surface area contributed by atoms with Crippen LogP contribution in [0.25, 0.3) is 0 Å². The molecule has 6 atom stereocenters. The molecule has 0 amide bonds. The molecule has 0 spiro atoms. The fraction of sp³-hybridized carbons (Fsp3) is 1.00. The second-order valence-electron chi connectivity index (χ2n) is 8.79. The Hall–Kier alpha value is -0.200. The summed E-state index contributed by atoms with van der Waals surface area (Å²) in [7, 11) is 0. The third-order valence-corrected chi connectivity index (χ3v) is 6.33. The van der Waals surface area contributed by atoms with Gasteiger partial charge < -0.3 is 23.7 Å². The Morgan fingerprint density at radius 3 is 1.52 bits per heavy atom. The predicted molar refractivity (Wildman–Crippen MR) is 116 cm³/mol. The highest BCUT2D eigenvalue weighted by molar-refractivity contribution is 4.74. The summed E-state index contributed by atoms with van der Waals surface area (Å²) in [4.78, 5) is 0. The average molecular weight is 415 g/mol. The van der Waals surface area contributed by atoms with Crippen LogP contribution in [-0.2, 0) is 23.7 Å². The van der Waals surface area contributed by atoms with Crippen LogP contribution in [0.1, 0.15) is 91.9 Å². The molecule has 172 valence electrons. The van der Waals surface area contributed by atoms with Crippen molar-refractivity contribution in [3.63, 3.8) is 0 Å². The van der Waals surface area contributed by atoms with Crippen molar-refractivity contribution < 1.29 is 23.7 Å².